The number of nitrogens with zero attached hydrogens (tertiary/aromatic N) is 1. The predicted molar refractivity (Wildman–Crippen MR) is 142 cm³/mol. The van der Waals surface area contributed by atoms with E-state index in [1.165, 1.54) is 11.8 Å². The number of amides is 1. The van der Waals surface area contributed by atoms with Crippen molar-refractivity contribution in [2.75, 3.05) is 24.7 Å². The van der Waals surface area contributed by atoms with E-state index >= 15 is 0 Å². The van der Waals surface area contributed by atoms with Gasteiger partial charge in [0.2, 0.25) is 0 Å². The van der Waals surface area contributed by atoms with Gasteiger partial charge in [0.1, 0.15) is 19.0 Å². The van der Waals surface area contributed by atoms with Gasteiger partial charge in [0, 0.05) is 0 Å². The number of rotatable bonds is 9. The van der Waals surface area contributed by atoms with Crippen LogP contribution in [0.25, 0.3) is 6.08 Å². The second-order valence-corrected chi connectivity index (χ2v) is 9.13. The smallest absolute Gasteiger partial charge is 0.270 e. The summed E-state index contributed by atoms with van der Waals surface area (Å²) in [5.74, 6) is 1.96. The Labute approximate surface area is 209 Å². The number of carbonyl (C=O) groups excluding carboxylic acids is 1. The summed E-state index contributed by atoms with van der Waals surface area (Å²) in [5.41, 5.74) is 2.68. The highest BCUT2D eigenvalue weighted by Gasteiger charge is 2.33. The van der Waals surface area contributed by atoms with Crippen molar-refractivity contribution in [3.8, 4) is 17.2 Å². The number of benzene rings is 3. The van der Waals surface area contributed by atoms with Crippen LogP contribution in [0.1, 0.15) is 18.1 Å². The molecule has 0 aliphatic carbocycles. The molecule has 4 rings (SSSR count). The highest BCUT2D eigenvalue weighted by atomic mass is 32.2. The Morgan fingerprint density at radius 1 is 0.882 bits per heavy atom. The van der Waals surface area contributed by atoms with Crippen LogP contribution in [-0.4, -0.2) is 30.0 Å². The first-order valence-corrected chi connectivity index (χ1v) is 12.2. The van der Waals surface area contributed by atoms with E-state index < -0.39 is 0 Å². The summed E-state index contributed by atoms with van der Waals surface area (Å²) < 4.78 is 18.0. The van der Waals surface area contributed by atoms with E-state index in [4.69, 9.17) is 26.4 Å². The molecule has 0 bridgehead atoms. The molecule has 0 saturated carbocycles. The quantitative estimate of drug-likeness (QED) is 0.200. The molecular formula is C27H25NO4S2. The van der Waals surface area contributed by atoms with Gasteiger partial charge in [-0.2, -0.15) is 0 Å². The summed E-state index contributed by atoms with van der Waals surface area (Å²) in [6, 6.07) is 22.9. The number of carbonyl (C=O) groups is 1. The van der Waals surface area contributed by atoms with Crippen LogP contribution in [0.4, 0.5) is 5.69 Å². The van der Waals surface area contributed by atoms with E-state index in [0.717, 1.165) is 22.6 Å². The third-order valence-corrected chi connectivity index (χ3v) is 6.37. The molecule has 1 fully saturated rings. The lowest BCUT2D eigenvalue weighted by molar-refractivity contribution is -0.113. The van der Waals surface area contributed by atoms with Crippen molar-refractivity contribution in [3.63, 3.8) is 0 Å². The normalized spacial score (nSPS) is 14.5. The molecule has 0 unspecified atom stereocenters. The molecule has 0 N–H and O–H groups in total. The molecule has 5 nitrogen and oxygen atoms in total. The topological polar surface area (TPSA) is 48.0 Å². The molecule has 0 spiro atoms. The standard InChI is InChI=1S/C27H25NO4S2/c1-3-30-24-17-20(13-14-23(24)32-16-15-31-22-12-8-7-9-19(22)2)18-25-26(29)28(27(33)34-25)21-10-5-4-6-11-21/h4-14,17-18H,3,15-16H2,1-2H3/b25-18-. The highest BCUT2D eigenvalue weighted by molar-refractivity contribution is 8.27. The highest BCUT2D eigenvalue weighted by Crippen LogP contribution is 2.37. The van der Waals surface area contributed by atoms with Crippen molar-refractivity contribution in [2.45, 2.75) is 13.8 Å². The SMILES string of the molecule is CCOc1cc(/C=C2\SC(=S)N(c3ccccc3)C2=O)ccc1OCCOc1ccccc1C. The molecule has 0 atom stereocenters. The maximum absolute atomic E-state index is 13.0. The number of ether oxygens (including phenoxy) is 3. The van der Waals surface area contributed by atoms with Crippen LogP contribution >= 0.6 is 24.0 Å². The van der Waals surface area contributed by atoms with E-state index in [9.17, 15) is 4.79 Å². The molecule has 34 heavy (non-hydrogen) atoms. The summed E-state index contributed by atoms with van der Waals surface area (Å²) in [6.45, 7) is 5.22. The maximum atomic E-state index is 13.0. The molecular weight excluding hydrogens is 466 g/mol. The molecule has 1 saturated heterocycles. The summed E-state index contributed by atoms with van der Waals surface area (Å²) in [7, 11) is 0. The molecule has 1 heterocycles. The largest absolute Gasteiger partial charge is 0.490 e. The van der Waals surface area contributed by atoms with E-state index in [2.05, 4.69) is 0 Å². The van der Waals surface area contributed by atoms with Gasteiger partial charge in [-0.3, -0.25) is 9.69 Å². The summed E-state index contributed by atoms with van der Waals surface area (Å²) in [5, 5.41) is 0. The zero-order valence-electron chi connectivity index (χ0n) is 19.0. The number of thiocarbonyl (C=S) groups is 1. The summed E-state index contributed by atoms with van der Waals surface area (Å²) in [6.07, 6.45) is 1.83. The minimum atomic E-state index is -0.132. The lowest BCUT2D eigenvalue weighted by Gasteiger charge is -2.14. The van der Waals surface area contributed by atoms with E-state index in [0.29, 0.717) is 40.5 Å². The Morgan fingerprint density at radius 3 is 2.32 bits per heavy atom. The third kappa shape index (κ3) is 5.61. The second-order valence-electron chi connectivity index (χ2n) is 7.45. The average Bonchev–Trinajstić information content (AvgIpc) is 3.12. The van der Waals surface area contributed by atoms with Crippen LogP contribution < -0.4 is 19.1 Å². The van der Waals surface area contributed by atoms with Gasteiger partial charge in [0.15, 0.2) is 15.8 Å². The van der Waals surface area contributed by atoms with E-state index in [-0.39, 0.29) is 5.91 Å². The number of anilines is 1. The Balaban J connectivity index is 1.45. The Hall–Kier alpha value is -3.29. The first kappa shape index (κ1) is 23.9. The van der Waals surface area contributed by atoms with Gasteiger partial charge >= 0.3 is 0 Å². The number of hydrogen-bond donors (Lipinski definition) is 0. The Kier molecular flexibility index (Phi) is 7.87. The van der Waals surface area contributed by atoms with Crippen LogP contribution in [0.2, 0.25) is 0 Å². The average molecular weight is 492 g/mol. The monoisotopic (exact) mass is 491 g/mol. The van der Waals surface area contributed by atoms with E-state index in [1.807, 2.05) is 92.7 Å². The van der Waals surface area contributed by atoms with Gasteiger partial charge in [0.25, 0.3) is 5.91 Å². The Bertz CT molecular complexity index is 1210. The molecule has 0 radical (unpaired) electrons. The van der Waals surface area contributed by atoms with Crippen LogP contribution in [0.3, 0.4) is 0 Å². The second kappa shape index (κ2) is 11.2. The number of thioether (sulfide) groups is 1. The molecule has 1 aliphatic heterocycles. The molecule has 174 valence electrons. The molecule has 1 amide bonds. The van der Waals surface area contributed by atoms with Gasteiger partial charge < -0.3 is 14.2 Å². The lowest BCUT2D eigenvalue weighted by Crippen LogP contribution is -2.27. The van der Waals surface area contributed by atoms with Crippen LogP contribution in [0, 0.1) is 6.92 Å². The molecule has 1 aliphatic rings. The molecule has 0 aromatic heterocycles. The maximum Gasteiger partial charge on any atom is 0.270 e. The van der Waals surface area contributed by atoms with Crippen molar-refractivity contribution >= 4 is 46.0 Å². The minimum absolute atomic E-state index is 0.132. The van der Waals surface area contributed by atoms with Crippen molar-refractivity contribution in [1.29, 1.82) is 0 Å². The van der Waals surface area contributed by atoms with Gasteiger partial charge in [-0.1, -0.05) is 66.4 Å². The van der Waals surface area contributed by atoms with Gasteiger partial charge in [-0.15, -0.1) is 0 Å². The van der Waals surface area contributed by atoms with Gasteiger partial charge in [-0.25, -0.2) is 0 Å². The fourth-order valence-electron chi connectivity index (χ4n) is 3.44. The number of para-hydroxylation sites is 2. The molecule has 3 aromatic rings. The fraction of sp³-hybridized carbons (Fsp3) is 0.185. The number of hydrogen-bond acceptors (Lipinski definition) is 6. The molecule has 7 heteroatoms. The molecule has 3 aromatic carbocycles. The van der Waals surface area contributed by atoms with Gasteiger partial charge in [-0.05, 0) is 61.4 Å². The van der Waals surface area contributed by atoms with Crippen molar-refractivity contribution in [1.82, 2.24) is 0 Å². The number of aryl methyl sites for hydroxylation is 1. The van der Waals surface area contributed by atoms with Crippen molar-refractivity contribution in [3.05, 3.63) is 88.8 Å². The summed E-state index contributed by atoms with van der Waals surface area (Å²) >= 11 is 6.75. The third-order valence-electron chi connectivity index (χ3n) is 5.07. The predicted octanol–water partition coefficient (Wildman–Crippen LogP) is 6.26. The lowest BCUT2D eigenvalue weighted by atomic mass is 10.1. The van der Waals surface area contributed by atoms with Crippen molar-refractivity contribution in [2.24, 2.45) is 0 Å². The van der Waals surface area contributed by atoms with Crippen LogP contribution in [0.5, 0.6) is 17.2 Å². The fourth-order valence-corrected chi connectivity index (χ4v) is 4.74. The summed E-state index contributed by atoms with van der Waals surface area (Å²) in [4.78, 5) is 15.1. The van der Waals surface area contributed by atoms with Crippen molar-refractivity contribution < 1.29 is 19.0 Å². The zero-order valence-corrected chi connectivity index (χ0v) is 20.7. The first-order chi connectivity index (χ1) is 16.6. The van der Waals surface area contributed by atoms with Crippen LogP contribution in [-0.2, 0) is 4.79 Å². The minimum Gasteiger partial charge on any atom is -0.490 e. The van der Waals surface area contributed by atoms with E-state index in [1.54, 1.807) is 4.90 Å². The first-order valence-electron chi connectivity index (χ1n) is 11.0. The van der Waals surface area contributed by atoms with Crippen LogP contribution in [0.15, 0.2) is 77.7 Å². The Morgan fingerprint density at radius 2 is 1.59 bits per heavy atom. The zero-order chi connectivity index (χ0) is 23.9. The van der Waals surface area contributed by atoms with Gasteiger partial charge in [0.05, 0.1) is 17.2 Å².